The van der Waals surface area contributed by atoms with Gasteiger partial charge in [-0.15, -0.1) is 0 Å². The second-order valence-corrected chi connectivity index (χ2v) is 7.38. The van der Waals surface area contributed by atoms with Crippen molar-refractivity contribution >= 4 is 10.0 Å². The fourth-order valence-corrected chi connectivity index (χ4v) is 4.07. The van der Waals surface area contributed by atoms with Gasteiger partial charge in [-0.05, 0) is 37.6 Å². The van der Waals surface area contributed by atoms with Gasteiger partial charge in [0.25, 0.3) is 0 Å². The zero-order valence-electron chi connectivity index (χ0n) is 9.74. The van der Waals surface area contributed by atoms with Crippen LogP contribution in [0.1, 0.15) is 44.9 Å². The quantitative estimate of drug-likeness (QED) is 0.759. The van der Waals surface area contributed by atoms with Gasteiger partial charge in [-0.25, -0.2) is 13.1 Å². The molecule has 0 radical (unpaired) electrons. The van der Waals surface area contributed by atoms with Crippen LogP contribution in [-0.4, -0.2) is 26.8 Å². The summed E-state index contributed by atoms with van der Waals surface area (Å²) in [6, 6.07) is 0. The third kappa shape index (κ3) is 2.76. The van der Waals surface area contributed by atoms with Gasteiger partial charge in [-0.2, -0.15) is 0 Å². The fourth-order valence-electron chi connectivity index (χ4n) is 2.38. The molecular weight excluding hydrogens is 224 g/mol. The first-order valence-electron chi connectivity index (χ1n) is 6.27. The Hall–Kier alpha value is -0.130. The maximum absolute atomic E-state index is 12.0. The molecule has 0 aromatic carbocycles. The lowest BCUT2D eigenvalue weighted by molar-refractivity contribution is 0.462. The van der Waals surface area contributed by atoms with E-state index in [2.05, 4.69) is 4.72 Å². The highest BCUT2D eigenvalue weighted by atomic mass is 32.2. The van der Waals surface area contributed by atoms with Gasteiger partial charge in [-0.3, -0.25) is 0 Å². The summed E-state index contributed by atoms with van der Waals surface area (Å²) < 4.78 is 26.8. The van der Waals surface area contributed by atoms with E-state index in [9.17, 15) is 8.42 Å². The van der Waals surface area contributed by atoms with Gasteiger partial charge < -0.3 is 5.73 Å². The molecule has 2 rings (SSSR count). The first-order valence-corrected chi connectivity index (χ1v) is 7.81. The highest BCUT2D eigenvalue weighted by molar-refractivity contribution is 7.90. The molecule has 94 valence electrons. The van der Waals surface area contributed by atoms with E-state index >= 15 is 0 Å². The number of nitrogens with one attached hydrogen (secondary N) is 1. The summed E-state index contributed by atoms with van der Waals surface area (Å²) >= 11 is 0. The third-order valence-electron chi connectivity index (χ3n) is 4.03. The smallest absolute Gasteiger partial charge is 0.214 e. The lowest BCUT2D eigenvalue weighted by atomic mass is 10.0. The molecule has 0 heterocycles. The number of rotatable bonds is 5. The Morgan fingerprint density at radius 1 is 1.19 bits per heavy atom. The molecule has 2 aliphatic rings. The van der Waals surface area contributed by atoms with Crippen molar-refractivity contribution in [3.8, 4) is 0 Å². The molecule has 2 fully saturated rings. The van der Waals surface area contributed by atoms with Crippen molar-refractivity contribution in [2.24, 2.45) is 11.1 Å². The van der Waals surface area contributed by atoms with Crippen LogP contribution in [-0.2, 0) is 10.0 Å². The van der Waals surface area contributed by atoms with E-state index in [0.717, 1.165) is 38.5 Å². The number of hydrogen-bond acceptors (Lipinski definition) is 3. The molecule has 0 aromatic heterocycles. The van der Waals surface area contributed by atoms with E-state index in [-0.39, 0.29) is 10.7 Å². The molecule has 0 aromatic rings. The fraction of sp³-hybridized carbons (Fsp3) is 1.00. The van der Waals surface area contributed by atoms with Crippen molar-refractivity contribution in [2.75, 3.05) is 13.1 Å². The zero-order valence-corrected chi connectivity index (χ0v) is 10.6. The van der Waals surface area contributed by atoms with Crippen molar-refractivity contribution in [2.45, 2.75) is 50.2 Å². The molecule has 0 amide bonds. The van der Waals surface area contributed by atoms with Gasteiger partial charge in [0.05, 0.1) is 5.25 Å². The second-order valence-electron chi connectivity index (χ2n) is 5.33. The van der Waals surface area contributed by atoms with Gasteiger partial charge in [0.15, 0.2) is 0 Å². The van der Waals surface area contributed by atoms with Crippen LogP contribution in [0.4, 0.5) is 0 Å². The molecule has 2 saturated carbocycles. The Labute approximate surface area is 98.0 Å². The van der Waals surface area contributed by atoms with Crippen molar-refractivity contribution in [1.82, 2.24) is 4.72 Å². The summed E-state index contributed by atoms with van der Waals surface area (Å²) in [5, 5.41) is -0.158. The topological polar surface area (TPSA) is 72.2 Å². The summed E-state index contributed by atoms with van der Waals surface area (Å²) in [6.07, 6.45) is 7.06. The Morgan fingerprint density at radius 2 is 1.81 bits per heavy atom. The van der Waals surface area contributed by atoms with Crippen LogP contribution in [0.3, 0.4) is 0 Å². The van der Waals surface area contributed by atoms with Crippen molar-refractivity contribution in [1.29, 1.82) is 0 Å². The minimum atomic E-state index is -3.09. The van der Waals surface area contributed by atoms with E-state index in [4.69, 9.17) is 5.73 Å². The highest BCUT2D eigenvalue weighted by Crippen LogP contribution is 2.43. The molecule has 0 unspecified atom stereocenters. The van der Waals surface area contributed by atoms with Crippen LogP contribution in [0, 0.1) is 5.41 Å². The van der Waals surface area contributed by atoms with Gasteiger partial charge in [0.2, 0.25) is 10.0 Å². The summed E-state index contributed by atoms with van der Waals surface area (Å²) in [6.45, 7) is 1.14. The number of nitrogens with two attached hydrogens (primary N) is 1. The van der Waals surface area contributed by atoms with Crippen molar-refractivity contribution in [3.63, 3.8) is 0 Å². The van der Waals surface area contributed by atoms with E-state index in [1.54, 1.807) is 0 Å². The average Bonchev–Trinajstić information content (AvgIpc) is 3.09. The lowest BCUT2D eigenvalue weighted by Gasteiger charge is -2.23. The first-order chi connectivity index (χ1) is 7.58. The minimum absolute atomic E-state index is 0.0851. The average molecular weight is 246 g/mol. The van der Waals surface area contributed by atoms with Gasteiger partial charge >= 0.3 is 0 Å². The molecule has 0 spiro atoms. The molecule has 5 heteroatoms. The predicted molar refractivity (Wildman–Crippen MR) is 64.5 cm³/mol. The van der Waals surface area contributed by atoms with Crippen molar-refractivity contribution in [3.05, 3.63) is 0 Å². The summed E-state index contributed by atoms with van der Waals surface area (Å²) in [5.41, 5.74) is 5.73. The van der Waals surface area contributed by atoms with Gasteiger partial charge in [-0.1, -0.05) is 19.3 Å². The van der Waals surface area contributed by atoms with E-state index in [1.165, 1.54) is 6.42 Å². The Morgan fingerprint density at radius 3 is 2.31 bits per heavy atom. The van der Waals surface area contributed by atoms with Crippen LogP contribution in [0.2, 0.25) is 0 Å². The van der Waals surface area contributed by atoms with Crippen molar-refractivity contribution < 1.29 is 8.42 Å². The Balaban J connectivity index is 1.87. The number of sulfonamides is 1. The maximum Gasteiger partial charge on any atom is 0.214 e. The predicted octanol–water partition coefficient (Wildman–Crippen LogP) is 0.977. The highest BCUT2D eigenvalue weighted by Gasteiger charge is 2.42. The van der Waals surface area contributed by atoms with E-state index in [0.29, 0.717) is 13.1 Å². The minimum Gasteiger partial charge on any atom is -0.330 e. The maximum atomic E-state index is 12.0. The molecule has 0 bridgehead atoms. The standard InChI is InChI=1S/C11H22N2O2S/c12-8-11(6-7-11)9-13-16(14,15)10-4-2-1-3-5-10/h10,13H,1-9,12H2. The molecule has 0 atom stereocenters. The number of hydrogen-bond donors (Lipinski definition) is 2. The van der Waals surface area contributed by atoms with Gasteiger partial charge in [0, 0.05) is 6.54 Å². The molecular formula is C11H22N2O2S. The van der Waals surface area contributed by atoms with Gasteiger partial charge in [0.1, 0.15) is 0 Å². The van der Waals surface area contributed by atoms with Crippen LogP contribution in [0.15, 0.2) is 0 Å². The molecule has 0 saturated heterocycles. The summed E-state index contributed by atoms with van der Waals surface area (Å²) in [7, 11) is -3.09. The van der Waals surface area contributed by atoms with Crippen LogP contribution < -0.4 is 10.5 Å². The largest absolute Gasteiger partial charge is 0.330 e. The SMILES string of the molecule is NCC1(CNS(=O)(=O)C2CCCCC2)CC1. The summed E-state index contributed by atoms with van der Waals surface area (Å²) in [4.78, 5) is 0. The zero-order chi connectivity index (χ0) is 11.6. The van der Waals surface area contributed by atoms with E-state index in [1.807, 2.05) is 0 Å². The third-order valence-corrected chi connectivity index (χ3v) is 5.93. The van der Waals surface area contributed by atoms with Crippen LogP contribution >= 0.6 is 0 Å². The van der Waals surface area contributed by atoms with Crippen LogP contribution in [0.5, 0.6) is 0 Å². The lowest BCUT2D eigenvalue weighted by Crippen LogP contribution is -2.40. The Kier molecular flexibility index (Phi) is 3.56. The normalized spacial score (nSPS) is 25.6. The Bertz CT molecular complexity index is 330. The second kappa shape index (κ2) is 4.63. The van der Waals surface area contributed by atoms with Crippen LogP contribution in [0.25, 0.3) is 0 Å². The molecule has 4 nitrogen and oxygen atoms in total. The molecule has 3 N–H and O–H groups in total. The monoisotopic (exact) mass is 246 g/mol. The molecule has 2 aliphatic carbocycles. The van der Waals surface area contributed by atoms with E-state index < -0.39 is 10.0 Å². The molecule has 16 heavy (non-hydrogen) atoms. The first kappa shape index (κ1) is 12.3. The molecule has 0 aliphatic heterocycles. The summed E-state index contributed by atoms with van der Waals surface area (Å²) in [5.74, 6) is 0.